The van der Waals surface area contributed by atoms with E-state index in [1.165, 1.54) is 0 Å². The largest absolute Gasteiger partial charge is 0.379 e. The Balaban J connectivity index is 2.10. The number of nitrogens with zero attached hydrogens (tertiary/aromatic N) is 1. The van der Waals surface area contributed by atoms with Crippen LogP contribution in [0.15, 0.2) is 0 Å². The van der Waals surface area contributed by atoms with E-state index >= 15 is 0 Å². The molecule has 0 amide bonds. The number of fused-ring (bicyclic) bond motifs is 1. The van der Waals surface area contributed by atoms with Gasteiger partial charge in [-0.05, 0) is 20.4 Å². The Labute approximate surface area is 72.7 Å². The molecule has 3 nitrogen and oxygen atoms in total. The first-order valence-corrected chi connectivity index (χ1v) is 4.50. The molecule has 0 aromatic rings. The minimum absolute atomic E-state index is 0.156. The van der Waals surface area contributed by atoms with Crippen molar-refractivity contribution in [3.63, 3.8) is 0 Å². The van der Waals surface area contributed by atoms with E-state index in [1.54, 1.807) is 6.92 Å². The Morgan fingerprint density at radius 2 is 2.25 bits per heavy atom. The van der Waals surface area contributed by atoms with Crippen molar-refractivity contribution >= 4 is 5.78 Å². The Morgan fingerprint density at radius 1 is 1.50 bits per heavy atom. The highest BCUT2D eigenvalue weighted by Gasteiger charge is 2.43. The number of hydrogen-bond donors (Lipinski definition) is 0. The third-order valence-electron chi connectivity index (χ3n) is 3.17. The van der Waals surface area contributed by atoms with Crippen molar-refractivity contribution in [1.29, 1.82) is 0 Å². The minimum Gasteiger partial charge on any atom is -0.379 e. The minimum atomic E-state index is 0.156. The number of carbonyl (C=O) groups excluding carboxylic acids is 1. The number of likely N-dealkylation sites (tertiary alicyclic amines) is 1. The van der Waals surface area contributed by atoms with Crippen LogP contribution in [-0.2, 0) is 9.53 Å². The first kappa shape index (κ1) is 8.20. The van der Waals surface area contributed by atoms with Crippen LogP contribution in [-0.4, -0.2) is 43.0 Å². The van der Waals surface area contributed by atoms with Gasteiger partial charge < -0.3 is 4.74 Å². The molecule has 2 fully saturated rings. The summed E-state index contributed by atoms with van der Waals surface area (Å²) < 4.78 is 5.36. The van der Waals surface area contributed by atoms with Crippen LogP contribution < -0.4 is 0 Å². The molecule has 0 aromatic carbocycles. The molecule has 3 unspecified atom stereocenters. The van der Waals surface area contributed by atoms with Crippen LogP contribution in [0.2, 0.25) is 0 Å². The lowest BCUT2D eigenvalue weighted by molar-refractivity contribution is -0.121. The molecule has 0 N–H and O–H groups in total. The molecule has 0 bridgehead atoms. The summed E-state index contributed by atoms with van der Waals surface area (Å²) in [6, 6.07) is 0.655. The zero-order valence-corrected chi connectivity index (χ0v) is 7.62. The van der Waals surface area contributed by atoms with E-state index in [-0.39, 0.29) is 6.04 Å². The molecule has 2 aliphatic heterocycles. The first-order valence-electron chi connectivity index (χ1n) is 4.50. The van der Waals surface area contributed by atoms with E-state index in [4.69, 9.17) is 4.74 Å². The molecule has 2 rings (SSSR count). The van der Waals surface area contributed by atoms with Gasteiger partial charge in [-0.2, -0.15) is 0 Å². The molecular weight excluding hydrogens is 154 g/mol. The van der Waals surface area contributed by atoms with Crippen LogP contribution in [0.25, 0.3) is 0 Å². The Morgan fingerprint density at radius 3 is 2.83 bits per heavy atom. The molecule has 3 atom stereocenters. The van der Waals surface area contributed by atoms with Gasteiger partial charge in [0.25, 0.3) is 0 Å². The molecule has 0 radical (unpaired) electrons. The molecule has 2 heterocycles. The monoisotopic (exact) mass is 169 g/mol. The maximum absolute atomic E-state index is 11.2. The van der Waals surface area contributed by atoms with Gasteiger partial charge in [0.2, 0.25) is 0 Å². The molecule has 12 heavy (non-hydrogen) atoms. The predicted octanol–water partition coefficient (Wildman–Crippen LogP) is 0.294. The van der Waals surface area contributed by atoms with Crippen LogP contribution in [0.4, 0.5) is 0 Å². The Hall–Kier alpha value is -0.410. The van der Waals surface area contributed by atoms with Gasteiger partial charge in [-0.15, -0.1) is 0 Å². The molecule has 0 aliphatic carbocycles. The molecule has 2 saturated heterocycles. The van der Waals surface area contributed by atoms with Crippen LogP contribution in [0, 0.1) is 5.92 Å². The van der Waals surface area contributed by atoms with E-state index in [0.717, 1.165) is 19.6 Å². The van der Waals surface area contributed by atoms with Crippen LogP contribution >= 0.6 is 0 Å². The van der Waals surface area contributed by atoms with Gasteiger partial charge in [0.05, 0.1) is 19.3 Å². The van der Waals surface area contributed by atoms with Gasteiger partial charge in [-0.3, -0.25) is 9.69 Å². The summed E-state index contributed by atoms with van der Waals surface area (Å²) in [6.45, 7) is 3.34. The van der Waals surface area contributed by atoms with Crippen molar-refractivity contribution < 1.29 is 9.53 Å². The Kier molecular flexibility index (Phi) is 1.93. The van der Waals surface area contributed by atoms with Gasteiger partial charge in [-0.25, -0.2) is 0 Å². The van der Waals surface area contributed by atoms with Crippen molar-refractivity contribution in [3.05, 3.63) is 0 Å². The fourth-order valence-electron chi connectivity index (χ4n) is 2.40. The van der Waals surface area contributed by atoms with Gasteiger partial charge in [0.15, 0.2) is 0 Å². The summed E-state index contributed by atoms with van der Waals surface area (Å²) in [7, 11) is 2.03. The zero-order valence-electron chi connectivity index (χ0n) is 7.62. The van der Waals surface area contributed by atoms with Crippen LogP contribution in [0.5, 0.6) is 0 Å². The normalized spacial score (nSPS) is 41.7. The molecule has 2 aliphatic rings. The van der Waals surface area contributed by atoms with E-state index in [1.807, 2.05) is 7.05 Å². The zero-order chi connectivity index (χ0) is 8.72. The topological polar surface area (TPSA) is 29.5 Å². The van der Waals surface area contributed by atoms with Gasteiger partial charge in [0, 0.05) is 12.0 Å². The summed E-state index contributed by atoms with van der Waals surface area (Å²) in [6.07, 6.45) is 0.997. The summed E-state index contributed by atoms with van der Waals surface area (Å²) in [5.41, 5.74) is 0. The molecule has 3 heteroatoms. The molecular formula is C9H15NO2. The number of ketones is 1. The fraction of sp³-hybridized carbons (Fsp3) is 0.889. The predicted molar refractivity (Wildman–Crippen MR) is 44.9 cm³/mol. The van der Waals surface area contributed by atoms with Gasteiger partial charge >= 0.3 is 0 Å². The maximum atomic E-state index is 11.2. The summed E-state index contributed by atoms with van der Waals surface area (Å²) in [4.78, 5) is 13.4. The highest BCUT2D eigenvalue weighted by molar-refractivity contribution is 5.81. The average molecular weight is 169 g/mol. The van der Waals surface area contributed by atoms with Crippen LogP contribution in [0.1, 0.15) is 13.3 Å². The number of hydrogen-bond acceptors (Lipinski definition) is 3. The number of likely N-dealkylation sites (N-methyl/N-ethyl adjacent to an activating group) is 1. The Bertz CT molecular complexity index is 205. The summed E-state index contributed by atoms with van der Waals surface area (Å²) in [5, 5.41) is 0. The lowest BCUT2D eigenvalue weighted by Gasteiger charge is -2.21. The van der Waals surface area contributed by atoms with Gasteiger partial charge in [-0.1, -0.05) is 0 Å². The second-order valence-electron chi connectivity index (χ2n) is 3.89. The summed E-state index contributed by atoms with van der Waals surface area (Å²) in [5.74, 6) is 0.899. The van der Waals surface area contributed by atoms with E-state index in [0.29, 0.717) is 17.7 Å². The van der Waals surface area contributed by atoms with Crippen molar-refractivity contribution in [2.24, 2.45) is 5.92 Å². The number of rotatable bonds is 1. The lowest BCUT2D eigenvalue weighted by Crippen LogP contribution is -2.37. The van der Waals surface area contributed by atoms with Crippen molar-refractivity contribution in [1.82, 2.24) is 4.90 Å². The SMILES string of the molecule is CC(=O)C1CC2COCC2N1C. The smallest absolute Gasteiger partial charge is 0.146 e. The number of ether oxygens (including phenoxy) is 1. The van der Waals surface area contributed by atoms with Crippen molar-refractivity contribution in [3.8, 4) is 0 Å². The fourth-order valence-corrected chi connectivity index (χ4v) is 2.40. The molecule has 0 spiro atoms. The highest BCUT2D eigenvalue weighted by Crippen LogP contribution is 2.33. The third kappa shape index (κ3) is 1.08. The second kappa shape index (κ2) is 2.82. The maximum Gasteiger partial charge on any atom is 0.146 e. The van der Waals surface area contributed by atoms with E-state index < -0.39 is 0 Å². The van der Waals surface area contributed by atoms with Crippen molar-refractivity contribution in [2.75, 3.05) is 20.3 Å². The van der Waals surface area contributed by atoms with E-state index in [2.05, 4.69) is 4.90 Å². The second-order valence-corrected chi connectivity index (χ2v) is 3.89. The first-order chi connectivity index (χ1) is 5.70. The molecule has 0 aromatic heterocycles. The van der Waals surface area contributed by atoms with Gasteiger partial charge in [0.1, 0.15) is 5.78 Å². The lowest BCUT2D eigenvalue weighted by atomic mass is 10.0. The average Bonchev–Trinajstić information content (AvgIpc) is 2.53. The summed E-state index contributed by atoms with van der Waals surface area (Å²) >= 11 is 0. The molecule has 68 valence electrons. The molecule has 0 saturated carbocycles. The number of Topliss-reactive ketones (excluding diaryl/α,β-unsaturated/α-hetero) is 1. The highest BCUT2D eigenvalue weighted by atomic mass is 16.5. The van der Waals surface area contributed by atoms with E-state index in [9.17, 15) is 4.79 Å². The van der Waals surface area contributed by atoms with Crippen LogP contribution in [0.3, 0.4) is 0 Å². The third-order valence-corrected chi connectivity index (χ3v) is 3.17. The number of carbonyl (C=O) groups is 1. The van der Waals surface area contributed by atoms with Crippen molar-refractivity contribution in [2.45, 2.75) is 25.4 Å². The standard InChI is InChI=1S/C9H15NO2/c1-6(11)8-3-7-4-12-5-9(7)10(8)2/h7-9H,3-5H2,1-2H3. The quantitative estimate of drug-likeness (QED) is 0.565.